The maximum absolute atomic E-state index is 10.7. The summed E-state index contributed by atoms with van der Waals surface area (Å²) in [7, 11) is 0. The van der Waals surface area contributed by atoms with E-state index in [1.54, 1.807) is 4.68 Å². The van der Waals surface area contributed by atoms with Crippen molar-refractivity contribution in [1.29, 1.82) is 5.26 Å². The van der Waals surface area contributed by atoms with Gasteiger partial charge in [0.2, 0.25) is 5.91 Å². The van der Waals surface area contributed by atoms with E-state index in [0.29, 0.717) is 12.1 Å². The second-order valence-electron chi connectivity index (χ2n) is 3.60. The van der Waals surface area contributed by atoms with Gasteiger partial charge in [-0.05, 0) is 19.8 Å². The van der Waals surface area contributed by atoms with Gasteiger partial charge in [0.05, 0.1) is 23.9 Å². The van der Waals surface area contributed by atoms with Crippen LogP contribution in [0.1, 0.15) is 30.7 Å². The summed E-state index contributed by atoms with van der Waals surface area (Å²) < 4.78 is 1.75. The molecule has 0 unspecified atom stereocenters. The molecule has 16 heavy (non-hydrogen) atoms. The molecule has 0 aromatic carbocycles. The van der Waals surface area contributed by atoms with Crippen LogP contribution in [0.2, 0.25) is 0 Å². The first-order valence-corrected chi connectivity index (χ1v) is 5.19. The summed E-state index contributed by atoms with van der Waals surface area (Å²) in [6.07, 6.45) is 2.42. The molecule has 0 aliphatic carbocycles. The maximum Gasteiger partial charge on any atom is 0.223 e. The Bertz CT molecular complexity index is 404. The molecule has 0 saturated carbocycles. The van der Waals surface area contributed by atoms with Crippen LogP contribution in [0.15, 0.2) is 0 Å². The minimum Gasteiger partial charge on any atom is -0.369 e. The van der Waals surface area contributed by atoms with Gasteiger partial charge in [0.1, 0.15) is 0 Å². The number of hydrogen-bond donors (Lipinski definition) is 1. The third-order valence-corrected chi connectivity index (χ3v) is 2.33. The molecule has 1 amide bonds. The fourth-order valence-electron chi connectivity index (χ4n) is 1.40. The zero-order valence-corrected chi connectivity index (χ0v) is 9.31. The number of primary amides is 1. The van der Waals surface area contributed by atoms with Crippen LogP contribution in [0.4, 0.5) is 0 Å². The first-order chi connectivity index (χ1) is 7.65. The SMILES string of the molecule is Cc1c(CC(N)=O)nnn1CCCCC#N. The highest BCUT2D eigenvalue weighted by atomic mass is 16.1. The molecule has 6 nitrogen and oxygen atoms in total. The monoisotopic (exact) mass is 221 g/mol. The molecule has 0 bridgehead atoms. The molecule has 6 heteroatoms. The number of rotatable bonds is 6. The summed E-state index contributed by atoms with van der Waals surface area (Å²) in [5.74, 6) is -0.403. The van der Waals surface area contributed by atoms with E-state index in [0.717, 1.165) is 25.1 Å². The second kappa shape index (κ2) is 5.85. The van der Waals surface area contributed by atoms with E-state index in [2.05, 4.69) is 16.4 Å². The maximum atomic E-state index is 10.7. The van der Waals surface area contributed by atoms with E-state index >= 15 is 0 Å². The van der Waals surface area contributed by atoms with Gasteiger partial charge < -0.3 is 5.73 Å². The molecule has 0 radical (unpaired) electrons. The highest BCUT2D eigenvalue weighted by Gasteiger charge is 2.10. The number of nitrogens with two attached hydrogens (primary N) is 1. The number of carbonyl (C=O) groups is 1. The quantitative estimate of drug-likeness (QED) is 0.699. The van der Waals surface area contributed by atoms with Gasteiger partial charge in [-0.15, -0.1) is 5.10 Å². The lowest BCUT2D eigenvalue weighted by Gasteiger charge is -2.01. The normalized spacial score (nSPS) is 10.0. The average molecular weight is 221 g/mol. The van der Waals surface area contributed by atoms with Crippen LogP contribution in [0.5, 0.6) is 0 Å². The summed E-state index contributed by atoms with van der Waals surface area (Å²) >= 11 is 0. The molecule has 1 rings (SSSR count). The topological polar surface area (TPSA) is 97.6 Å². The number of hydrogen-bond acceptors (Lipinski definition) is 4. The standard InChI is InChI=1S/C10H15N5O/c1-8-9(7-10(12)16)13-14-15(8)6-4-2-3-5-11/h2-4,6-7H2,1H3,(H2,12,16). The smallest absolute Gasteiger partial charge is 0.223 e. The van der Waals surface area contributed by atoms with Gasteiger partial charge in [-0.1, -0.05) is 5.21 Å². The number of unbranched alkanes of at least 4 members (excludes halogenated alkanes) is 2. The molecule has 0 aliphatic rings. The highest BCUT2D eigenvalue weighted by Crippen LogP contribution is 2.06. The van der Waals surface area contributed by atoms with Crippen molar-refractivity contribution in [3.63, 3.8) is 0 Å². The fourth-order valence-corrected chi connectivity index (χ4v) is 1.40. The fraction of sp³-hybridized carbons (Fsp3) is 0.600. The lowest BCUT2D eigenvalue weighted by Crippen LogP contribution is -2.14. The Hall–Kier alpha value is -1.90. The van der Waals surface area contributed by atoms with Crippen molar-refractivity contribution >= 4 is 5.91 Å². The molecule has 0 aliphatic heterocycles. The van der Waals surface area contributed by atoms with Crippen molar-refractivity contribution in [3.05, 3.63) is 11.4 Å². The van der Waals surface area contributed by atoms with Crippen LogP contribution in [0.25, 0.3) is 0 Å². The van der Waals surface area contributed by atoms with E-state index in [4.69, 9.17) is 11.0 Å². The largest absolute Gasteiger partial charge is 0.369 e. The summed E-state index contributed by atoms with van der Waals surface area (Å²) in [6, 6.07) is 2.09. The van der Waals surface area contributed by atoms with Crippen molar-refractivity contribution < 1.29 is 4.79 Å². The Labute approximate surface area is 94.0 Å². The third-order valence-electron chi connectivity index (χ3n) is 2.33. The Kier molecular flexibility index (Phi) is 4.45. The first-order valence-electron chi connectivity index (χ1n) is 5.19. The Morgan fingerprint density at radius 3 is 2.94 bits per heavy atom. The molecule has 1 heterocycles. The summed E-state index contributed by atoms with van der Waals surface area (Å²) in [5, 5.41) is 16.2. The number of amides is 1. The van der Waals surface area contributed by atoms with Crippen LogP contribution in [-0.4, -0.2) is 20.9 Å². The van der Waals surface area contributed by atoms with Crippen LogP contribution in [-0.2, 0) is 17.8 Å². The zero-order valence-electron chi connectivity index (χ0n) is 9.31. The second-order valence-corrected chi connectivity index (χ2v) is 3.60. The molecule has 0 atom stereocenters. The molecule has 0 spiro atoms. The van der Waals surface area contributed by atoms with Gasteiger partial charge in [0.15, 0.2) is 0 Å². The van der Waals surface area contributed by atoms with Crippen molar-refractivity contribution in [1.82, 2.24) is 15.0 Å². The minimum atomic E-state index is -0.403. The molecule has 86 valence electrons. The molecular weight excluding hydrogens is 206 g/mol. The average Bonchev–Trinajstić information content (AvgIpc) is 2.56. The van der Waals surface area contributed by atoms with Crippen LogP contribution in [0, 0.1) is 18.3 Å². The van der Waals surface area contributed by atoms with Crippen LogP contribution >= 0.6 is 0 Å². The predicted molar refractivity (Wildman–Crippen MR) is 57.1 cm³/mol. The van der Waals surface area contributed by atoms with Gasteiger partial charge >= 0.3 is 0 Å². The van der Waals surface area contributed by atoms with E-state index in [-0.39, 0.29) is 6.42 Å². The van der Waals surface area contributed by atoms with Crippen LogP contribution in [0.3, 0.4) is 0 Å². The van der Waals surface area contributed by atoms with Crippen molar-refractivity contribution in [2.45, 2.75) is 39.2 Å². The summed E-state index contributed by atoms with van der Waals surface area (Å²) in [4.78, 5) is 10.7. The molecular formula is C10H15N5O. The van der Waals surface area contributed by atoms with Gasteiger partial charge in [-0.25, -0.2) is 4.68 Å². The molecule has 1 aromatic heterocycles. The lowest BCUT2D eigenvalue weighted by atomic mass is 10.2. The number of aryl methyl sites for hydroxylation is 1. The van der Waals surface area contributed by atoms with E-state index in [1.807, 2.05) is 6.92 Å². The number of nitriles is 1. The Morgan fingerprint density at radius 1 is 1.56 bits per heavy atom. The summed E-state index contributed by atoms with van der Waals surface area (Å²) in [6.45, 7) is 2.59. The predicted octanol–water partition coefficient (Wildman–Crippen LogP) is 0.308. The van der Waals surface area contributed by atoms with Gasteiger partial charge in [-0.3, -0.25) is 4.79 Å². The zero-order chi connectivity index (χ0) is 12.0. The molecule has 0 saturated heterocycles. The third kappa shape index (κ3) is 3.35. The Morgan fingerprint density at radius 2 is 2.31 bits per heavy atom. The summed E-state index contributed by atoms with van der Waals surface area (Å²) in [5.41, 5.74) is 6.59. The van der Waals surface area contributed by atoms with Crippen molar-refractivity contribution in [3.8, 4) is 6.07 Å². The van der Waals surface area contributed by atoms with E-state index in [1.165, 1.54) is 0 Å². The van der Waals surface area contributed by atoms with Gasteiger partial charge in [-0.2, -0.15) is 5.26 Å². The lowest BCUT2D eigenvalue weighted by molar-refractivity contribution is -0.117. The highest BCUT2D eigenvalue weighted by molar-refractivity contribution is 5.76. The van der Waals surface area contributed by atoms with E-state index < -0.39 is 5.91 Å². The molecule has 0 fully saturated rings. The molecule has 2 N–H and O–H groups in total. The Balaban J connectivity index is 2.52. The van der Waals surface area contributed by atoms with Crippen molar-refractivity contribution in [2.75, 3.05) is 0 Å². The number of carbonyl (C=O) groups excluding carboxylic acids is 1. The van der Waals surface area contributed by atoms with Crippen LogP contribution < -0.4 is 5.73 Å². The van der Waals surface area contributed by atoms with E-state index in [9.17, 15) is 4.79 Å². The van der Waals surface area contributed by atoms with Gasteiger partial charge in [0, 0.05) is 13.0 Å². The minimum absolute atomic E-state index is 0.129. The molecule has 1 aromatic rings. The number of aromatic nitrogens is 3. The van der Waals surface area contributed by atoms with Crippen molar-refractivity contribution in [2.24, 2.45) is 5.73 Å². The van der Waals surface area contributed by atoms with Gasteiger partial charge in [0.25, 0.3) is 0 Å². The number of nitrogens with zero attached hydrogens (tertiary/aromatic N) is 4. The first kappa shape index (κ1) is 12.2.